The van der Waals surface area contributed by atoms with Gasteiger partial charge in [0.1, 0.15) is 11.3 Å². The standard InChI is InChI=1S/C14H18O3/c1-8(2)10(4)11-6-9(3)7-12(13(11)15)14(16)17-5/h6-7,10,15H,1H2,2-5H3. The fraction of sp³-hybridized carbons (Fsp3) is 0.357. The molecular weight excluding hydrogens is 216 g/mol. The van der Waals surface area contributed by atoms with Gasteiger partial charge in [-0.2, -0.15) is 0 Å². The minimum absolute atomic E-state index is 0.00157. The Hall–Kier alpha value is -1.77. The molecule has 1 unspecified atom stereocenters. The van der Waals surface area contributed by atoms with Crippen molar-refractivity contribution in [3.63, 3.8) is 0 Å². The third kappa shape index (κ3) is 2.67. The molecule has 0 saturated carbocycles. The summed E-state index contributed by atoms with van der Waals surface area (Å²) in [6.07, 6.45) is 0. The van der Waals surface area contributed by atoms with Gasteiger partial charge in [-0.05, 0) is 25.5 Å². The van der Waals surface area contributed by atoms with E-state index in [1.54, 1.807) is 6.07 Å². The predicted molar refractivity (Wildman–Crippen MR) is 67.4 cm³/mol. The summed E-state index contributed by atoms with van der Waals surface area (Å²) in [4.78, 5) is 11.5. The SMILES string of the molecule is C=C(C)C(C)c1cc(C)cc(C(=O)OC)c1O. The number of allylic oxidation sites excluding steroid dienone is 1. The van der Waals surface area contributed by atoms with E-state index in [1.165, 1.54) is 7.11 Å². The Labute approximate surface area is 102 Å². The fourth-order valence-electron chi connectivity index (χ4n) is 1.67. The van der Waals surface area contributed by atoms with Gasteiger partial charge in [-0.3, -0.25) is 0 Å². The minimum Gasteiger partial charge on any atom is -0.507 e. The van der Waals surface area contributed by atoms with E-state index in [-0.39, 0.29) is 17.2 Å². The van der Waals surface area contributed by atoms with Crippen molar-refractivity contribution in [2.45, 2.75) is 26.7 Å². The van der Waals surface area contributed by atoms with Gasteiger partial charge in [0.25, 0.3) is 0 Å². The number of ether oxygens (including phenoxy) is 1. The van der Waals surface area contributed by atoms with Crippen molar-refractivity contribution in [2.75, 3.05) is 7.11 Å². The summed E-state index contributed by atoms with van der Waals surface area (Å²) in [5.74, 6) is -0.544. The van der Waals surface area contributed by atoms with Crippen molar-refractivity contribution in [1.29, 1.82) is 0 Å². The first-order valence-corrected chi connectivity index (χ1v) is 5.45. The Morgan fingerprint density at radius 2 is 2.06 bits per heavy atom. The van der Waals surface area contributed by atoms with Crippen LogP contribution in [0.1, 0.15) is 41.3 Å². The molecule has 0 aliphatic carbocycles. The maximum Gasteiger partial charge on any atom is 0.341 e. The second-order valence-corrected chi connectivity index (χ2v) is 4.31. The highest BCUT2D eigenvalue weighted by Gasteiger charge is 2.19. The van der Waals surface area contributed by atoms with Crippen molar-refractivity contribution >= 4 is 5.97 Å². The summed E-state index contributed by atoms with van der Waals surface area (Å²) < 4.78 is 4.65. The number of phenolic OH excluding ortho intramolecular Hbond substituents is 1. The minimum atomic E-state index is -0.527. The van der Waals surface area contributed by atoms with Gasteiger partial charge in [0.2, 0.25) is 0 Å². The number of hydrogen-bond acceptors (Lipinski definition) is 3. The average molecular weight is 234 g/mol. The molecular formula is C14H18O3. The van der Waals surface area contributed by atoms with Gasteiger partial charge in [0, 0.05) is 11.5 Å². The number of aryl methyl sites for hydroxylation is 1. The zero-order valence-electron chi connectivity index (χ0n) is 10.7. The smallest absolute Gasteiger partial charge is 0.341 e. The van der Waals surface area contributed by atoms with Gasteiger partial charge in [-0.1, -0.05) is 25.1 Å². The molecule has 0 radical (unpaired) electrons. The van der Waals surface area contributed by atoms with Crippen LogP contribution in [0.2, 0.25) is 0 Å². The van der Waals surface area contributed by atoms with E-state index in [0.29, 0.717) is 5.56 Å². The molecule has 0 saturated heterocycles. The number of aromatic hydroxyl groups is 1. The summed E-state index contributed by atoms with van der Waals surface area (Å²) in [6.45, 7) is 9.58. The van der Waals surface area contributed by atoms with Gasteiger partial charge in [0.15, 0.2) is 0 Å². The number of methoxy groups -OCH3 is 1. The van der Waals surface area contributed by atoms with E-state index >= 15 is 0 Å². The van der Waals surface area contributed by atoms with Crippen molar-refractivity contribution in [2.24, 2.45) is 0 Å². The number of benzene rings is 1. The first-order valence-electron chi connectivity index (χ1n) is 5.45. The van der Waals surface area contributed by atoms with Crippen LogP contribution in [0.15, 0.2) is 24.3 Å². The van der Waals surface area contributed by atoms with Crippen molar-refractivity contribution < 1.29 is 14.6 Å². The lowest BCUT2D eigenvalue weighted by Crippen LogP contribution is -2.05. The molecule has 3 heteroatoms. The number of rotatable bonds is 3. The normalized spacial score (nSPS) is 12.0. The monoisotopic (exact) mass is 234 g/mol. The Kier molecular flexibility index (Phi) is 3.94. The van der Waals surface area contributed by atoms with Crippen LogP contribution in [-0.2, 0) is 4.74 Å². The fourth-order valence-corrected chi connectivity index (χ4v) is 1.67. The van der Waals surface area contributed by atoms with E-state index < -0.39 is 5.97 Å². The molecule has 0 spiro atoms. The zero-order valence-corrected chi connectivity index (χ0v) is 10.7. The molecule has 1 aromatic rings. The number of esters is 1. The first-order chi connectivity index (χ1) is 7.88. The van der Waals surface area contributed by atoms with Crippen molar-refractivity contribution in [3.05, 3.63) is 41.0 Å². The van der Waals surface area contributed by atoms with Crippen molar-refractivity contribution in [1.82, 2.24) is 0 Å². The van der Waals surface area contributed by atoms with Gasteiger partial charge in [-0.25, -0.2) is 4.79 Å². The topological polar surface area (TPSA) is 46.5 Å². The Morgan fingerprint density at radius 1 is 1.47 bits per heavy atom. The number of carbonyl (C=O) groups is 1. The summed E-state index contributed by atoms with van der Waals surface area (Å²) in [5, 5.41) is 10.1. The molecule has 0 heterocycles. The molecule has 0 aliphatic heterocycles. The van der Waals surface area contributed by atoms with Gasteiger partial charge < -0.3 is 9.84 Å². The quantitative estimate of drug-likeness (QED) is 0.645. The van der Waals surface area contributed by atoms with E-state index in [2.05, 4.69) is 11.3 Å². The highest BCUT2D eigenvalue weighted by molar-refractivity contribution is 5.93. The lowest BCUT2D eigenvalue weighted by Gasteiger charge is -2.16. The lowest BCUT2D eigenvalue weighted by molar-refractivity contribution is 0.0597. The van der Waals surface area contributed by atoms with Crippen LogP contribution in [0.3, 0.4) is 0 Å². The van der Waals surface area contributed by atoms with Gasteiger partial charge in [0.05, 0.1) is 7.11 Å². The highest BCUT2D eigenvalue weighted by atomic mass is 16.5. The highest BCUT2D eigenvalue weighted by Crippen LogP contribution is 2.34. The Bertz CT molecular complexity index is 461. The largest absolute Gasteiger partial charge is 0.507 e. The Morgan fingerprint density at radius 3 is 2.53 bits per heavy atom. The number of carbonyl (C=O) groups excluding carboxylic acids is 1. The van der Waals surface area contributed by atoms with Gasteiger partial charge >= 0.3 is 5.97 Å². The molecule has 0 aromatic heterocycles. The van der Waals surface area contributed by atoms with E-state index in [9.17, 15) is 9.90 Å². The third-order valence-corrected chi connectivity index (χ3v) is 2.89. The molecule has 1 atom stereocenters. The third-order valence-electron chi connectivity index (χ3n) is 2.89. The van der Waals surface area contributed by atoms with Crippen LogP contribution in [0, 0.1) is 6.92 Å². The van der Waals surface area contributed by atoms with Crippen LogP contribution in [0.25, 0.3) is 0 Å². The molecule has 1 N–H and O–H groups in total. The lowest BCUT2D eigenvalue weighted by atomic mass is 9.91. The van der Waals surface area contributed by atoms with Crippen LogP contribution in [0.4, 0.5) is 0 Å². The summed E-state index contributed by atoms with van der Waals surface area (Å²) in [5.41, 5.74) is 2.75. The van der Waals surface area contributed by atoms with Crippen LogP contribution >= 0.6 is 0 Å². The molecule has 1 aromatic carbocycles. The summed E-state index contributed by atoms with van der Waals surface area (Å²) in [7, 11) is 1.30. The second-order valence-electron chi connectivity index (χ2n) is 4.31. The van der Waals surface area contributed by atoms with E-state index in [4.69, 9.17) is 0 Å². The number of hydrogen-bond donors (Lipinski definition) is 1. The second kappa shape index (κ2) is 5.04. The van der Waals surface area contributed by atoms with E-state index in [1.807, 2.05) is 26.8 Å². The first kappa shape index (κ1) is 13.3. The Balaban J connectivity index is 3.38. The van der Waals surface area contributed by atoms with Crippen LogP contribution in [0.5, 0.6) is 5.75 Å². The van der Waals surface area contributed by atoms with E-state index in [0.717, 1.165) is 11.1 Å². The molecule has 3 nitrogen and oxygen atoms in total. The maximum absolute atomic E-state index is 11.5. The van der Waals surface area contributed by atoms with Crippen LogP contribution in [-0.4, -0.2) is 18.2 Å². The molecule has 0 fully saturated rings. The molecule has 0 bridgehead atoms. The molecule has 0 aliphatic rings. The predicted octanol–water partition coefficient (Wildman–Crippen LogP) is 3.17. The zero-order chi connectivity index (χ0) is 13.2. The molecule has 92 valence electrons. The summed E-state index contributed by atoms with van der Waals surface area (Å²) >= 11 is 0. The summed E-state index contributed by atoms with van der Waals surface area (Å²) in [6, 6.07) is 3.48. The maximum atomic E-state index is 11.5. The van der Waals surface area contributed by atoms with Gasteiger partial charge in [-0.15, -0.1) is 0 Å². The van der Waals surface area contributed by atoms with Crippen LogP contribution < -0.4 is 0 Å². The average Bonchev–Trinajstić information content (AvgIpc) is 2.29. The molecule has 1 rings (SSSR count). The molecule has 0 amide bonds. The van der Waals surface area contributed by atoms with Crippen molar-refractivity contribution in [3.8, 4) is 5.75 Å². The molecule has 17 heavy (non-hydrogen) atoms. The number of phenols is 1.